The summed E-state index contributed by atoms with van der Waals surface area (Å²) in [6, 6.07) is 8.07. The minimum absolute atomic E-state index is 0.00236. The maximum absolute atomic E-state index is 6.21. The average Bonchev–Trinajstić information content (AvgIpc) is 3.32. The number of hydrogen-bond donors (Lipinski definition) is 1. The van der Waals surface area contributed by atoms with Gasteiger partial charge in [-0.15, -0.1) is 21.5 Å². The molecule has 0 radical (unpaired) electrons. The highest BCUT2D eigenvalue weighted by molar-refractivity contribution is 7.15. The quantitative estimate of drug-likeness (QED) is 0.254. The molecule has 7 heteroatoms. The zero-order valence-electron chi connectivity index (χ0n) is 21.3. The Kier molecular flexibility index (Phi) is 9.15. The van der Waals surface area contributed by atoms with Crippen LogP contribution in [0, 0.1) is 20.8 Å². The molecule has 0 spiro atoms. The lowest BCUT2D eigenvalue weighted by atomic mass is 9.99. The van der Waals surface area contributed by atoms with Gasteiger partial charge in [0, 0.05) is 21.0 Å². The molecule has 2 N–H and O–H groups in total. The van der Waals surface area contributed by atoms with Crippen molar-refractivity contribution < 1.29 is 0 Å². The molecule has 1 aliphatic rings. The number of aryl methyl sites for hydroxylation is 2. The number of thiophene rings is 1. The maximum Gasteiger partial charge on any atom is 0.163 e. The van der Waals surface area contributed by atoms with Crippen LogP contribution < -0.4 is 5.73 Å². The molecule has 4 rings (SSSR count). The van der Waals surface area contributed by atoms with Crippen molar-refractivity contribution in [1.29, 1.82) is 0 Å². The van der Waals surface area contributed by atoms with E-state index in [0.29, 0.717) is 0 Å². The van der Waals surface area contributed by atoms with E-state index in [1.807, 2.05) is 30.4 Å². The number of fused-ring (bicyclic) bond motifs is 3. The van der Waals surface area contributed by atoms with Gasteiger partial charge in [-0.3, -0.25) is 9.56 Å². The second-order valence-electron chi connectivity index (χ2n) is 9.66. The largest absolute Gasteiger partial charge is 0.330 e. The van der Waals surface area contributed by atoms with Crippen molar-refractivity contribution in [3.05, 3.63) is 62.5 Å². The summed E-state index contributed by atoms with van der Waals surface area (Å²) in [5.41, 5.74) is 10.2. The van der Waals surface area contributed by atoms with E-state index in [1.54, 1.807) is 0 Å². The molecule has 5 nitrogen and oxygen atoms in total. The van der Waals surface area contributed by atoms with Crippen molar-refractivity contribution in [3.8, 4) is 5.00 Å². The standard InChI is InChI=1S/C28H38ClN5S/c1-19-20(2)35-28-25(19)26(22-14-16-23(29)17-15-22)31-24(27-33-32-21(3)34(27)28)13-11-9-7-5-4-6-8-10-12-18-30/h14-17,24H,4-13,18,30H2,1-3H3/t24-/m0/s1. The second kappa shape index (κ2) is 12.3. The molecule has 1 atom stereocenters. The maximum atomic E-state index is 6.21. The van der Waals surface area contributed by atoms with Crippen molar-refractivity contribution in [2.24, 2.45) is 10.7 Å². The number of rotatable bonds is 12. The van der Waals surface area contributed by atoms with Gasteiger partial charge in [-0.1, -0.05) is 75.1 Å². The van der Waals surface area contributed by atoms with Crippen LogP contribution in [0.25, 0.3) is 5.00 Å². The second-order valence-corrected chi connectivity index (χ2v) is 11.3. The van der Waals surface area contributed by atoms with Gasteiger partial charge in [0.05, 0.1) is 5.71 Å². The summed E-state index contributed by atoms with van der Waals surface area (Å²) >= 11 is 8.02. The first-order valence-corrected chi connectivity index (χ1v) is 14.3. The molecular weight excluding hydrogens is 474 g/mol. The summed E-state index contributed by atoms with van der Waals surface area (Å²) in [7, 11) is 0. The molecule has 35 heavy (non-hydrogen) atoms. The summed E-state index contributed by atoms with van der Waals surface area (Å²) in [5.74, 6) is 1.89. The molecule has 2 aromatic heterocycles. The molecule has 0 aliphatic carbocycles. The molecule has 0 saturated heterocycles. The fourth-order valence-electron chi connectivity index (χ4n) is 4.91. The molecule has 0 saturated carbocycles. The molecule has 0 unspecified atom stereocenters. The van der Waals surface area contributed by atoms with E-state index in [9.17, 15) is 0 Å². The Hall–Kier alpha value is -2.02. The van der Waals surface area contributed by atoms with Crippen molar-refractivity contribution in [1.82, 2.24) is 14.8 Å². The van der Waals surface area contributed by atoms with Crippen molar-refractivity contribution >= 4 is 28.6 Å². The highest BCUT2D eigenvalue weighted by Gasteiger charge is 2.31. The van der Waals surface area contributed by atoms with Crippen LogP contribution in [0.3, 0.4) is 0 Å². The van der Waals surface area contributed by atoms with Crippen molar-refractivity contribution in [3.63, 3.8) is 0 Å². The molecule has 1 aliphatic heterocycles. The zero-order chi connectivity index (χ0) is 24.8. The summed E-state index contributed by atoms with van der Waals surface area (Å²) in [4.78, 5) is 6.67. The summed E-state index contributed by atoms with van der Waals surface area (Å²) < 4.78 is 2.25. The first kappa shape index (κ1) is 26.1. The summed E-state index contributed by atoms with van der Waals surface area (Å²) in [5, 5.41) is 11.0. The lowest BCUT2D eigenvalue weighted by Crippen LogP contribution is -2.07. The number of benzene rings is 1. The Labute approximate surface area is 218 Å². The van der Waals surface area contributed by atoms with Gasteiger partial charge in [0.15, 0.2) is 5.82 Å². The van der Waals surface area contributed by atoms with Crippen molar-refractivity contribution in [2.75, 3.05) is 6.54 Å². The number of hydrogen-bond acceptors (Lipinski definition) is 5. The smallest absolute Gasteiger partial charge is 0.163 e. The first-order chi connectivity index (χ1) is 17.0. The Morgan fingerprint density at radius 3 is 2.17 bits per heavy atom. The molecule has 3 heterocycles. The average molecular weight is 512 g/mol. The Morgan fingerprint density at radius 1 is 0.886 bits per heavy atom. The number of halogens is 1. The van der Waals surface area contributed by atoms with Crippen LogP contribution in [-0.2, 0) is 0 Å². The number of aliphatic imine (C=N–C) groups is 1. The molecule has 3 aromatic rings. The molecular formula is C28H38ClN5S. The predicted molar refractivity (Wildman–Crippen MR) is 149 cm³/mol. The Balaban J connectivity index is 1.52. The van der Waals surface area contributed by atoms with Crippen LogP contribution in [-0.4, -0.2) is 27.0 Å². The molecule has 0 bridgehead atoms. The van der Waals surface area contributed by atoms with E-state index < -0.39 is 0 Å². The van der Waals surface area contributed by atoms with Gasteiger partial charge in [0.1, 0.15) is 16.9 Å². The number of aromatic nitrogens is 3. The SMILES string of the molecule is Cc1sc2c(c1C)C(c1ccc(Cl)cc1)=N[C@@H](CCCCCCCCCCCN)c1nnc(C)n1-2. The first-order valence-electron chi connectivity index (χ1n) is 13.1. The topological polar surface area (TPSA) is 69.1 Å². The highest BCUT2D eigenvalue weighted by atomic mass is 35.5. The third kappa shape index (κ3) is 6.04. The predicted octanol–water partition coefficient (Wildman–Crippen LogP) is 7.66. The minimum Gasteiger partial charge on any atom is -0.330 e. The van der Waals surface area contributed by atoms with Crippen LogP contribution in [0.5, 0.6) is 0 Å². The zero-order valence-corrected chi connectivity index (χ0v) is 22.9. The minimum atomic E-state index is -0.00236. The number of nitrogens with two attached hydrogens (primary N) is 1. The van der Waals surface area contributed by atoms with Gasteiger partial charge in [-0.2, -0.15) is 0 Å². The lowest BCUT2D eigenvalue weighted by Gasteiger charge is -2.13. The van der Waals surface area contributed by atoms with Gasteiger partial charge in [0.25, 0.3) is 0 Å². The molecule has 0 fully saturated rings. The van der Waals surface area contributed by atoms with E-state index in [1.165, 1.54) is 66.0 Å². The van der Waals surface area contributed by atoms with Gasteiger partial charge >= 0.3 is 0 Å². The van der Waals surface area contributed by atoms with Crippen LogP contribution in [0.2, 0.25) is 5.02 Å². The number of unbranched alkanes of at least 4 members (excludes halogenated alkanes) is 8. The van der Waals surface area contributed by atoms with Crippen LogP contribution in [0.4, 0.5) is 0 Å². The van der Waals surface area contributed by atoms with Crippen LogP contribution in [0.15, 0.2) is 29.3 Å². The van der Waals surface area contributed by atoms with E-state index >= 15 is 0 Å². The van der Waals surface area contributed by atoms with Crippen LogP contribution >= 0.6 is 22.9 Å². The fourth-order valence-corrected chi connectivity index (χ4v) is 6.25. The van der Waals surface area contributed by atoms with Crippen LogP contribution in [0.1, 0.15) is 103 Å². The number of nitrogens with zero attached hydrogens (tertiary/aromatic N) is 4. The van der Waals surface area contributed by atoms with E-state index in [-0.39, 0.29) is 6.04 Å². The van der Waals surface area contributed by atoms with Gasteiger partial charge in [-0.25, -0.2) is 0 Å². The Bertz CT molecular complexity index is 1150. The normalized spacial score (nSPS) is 15.0. The van der Waals surface area contributed by atoms with E-state index in [0.717, 1.165) is 53.8 Å². The highest BCUT2D eigenvalue weighted by Crippen LogP contribution is 2.40. The fraction of sp³-hybridized carbons (Fsp3) is 0.536. The third-order valence-corrected chi connectivity index (χ3v) is 8.48. The van der Waals surface area contributed by atoms with E-state index in [2.05, 4.69) is 40.7 Å². The van der Waals surface area contributed by atoms with Gasteiger partial charge in [-0.05, 0) is 57.9 Å². The van der Waals surface area contributed by atoms with Gasteiger partial charge in [0.2, 0.25) is 0 Å². The Morgan fingerprint density at radius 2 is 1.51 bits per heavy atom. The molecule has 0 amide bonds. The van der Waals surface area contributed by atoms with Crippen molar-refractivity contribution in [2.45, 2.75) is 91.0 Å². The third-order valence-electron chi connectivity index (χ3n) is 7.04. The summed E-state index contributed by atoms with van der Waals surface area (Å²) in [6.07, 6.45) is 12.4. The van der Waals surface area contributed by atoms with Gasteiger partial charge < -0.3 is 5.73 Å². The lowest BCUT2D eigenvalue weighted by molar-refractivity contribution is 0.520. The monoisotopic (exact) mass is 511 g/mol. The molecule has 188 valence electrons. The van der Waals surface area contributed by atoms with E-state index in [4.69, 9.17) is 22.3 Å². The summed E-state index contributed by atoms with van der Waals surface area (Å²) in [6.45, 7) is 7.25. The molecule has 1 aromatic carbocycles.